The van der Waals surface area contributed by atoms with Gasteiger partial charge in [-0.1, -0.05) is 25.3 Å². The van der Waals surface area contributed by atoms with Crippen LogP contribution in [0.2, 0.25) is 0 Å². The summed E-state index contributed by atoms with van der Waals surface area (Å²) in [6, 6.07) is 2.65. The van der Waals surface area contributed by atoms with Gasteiger partial charge in [-0.3, -0.25) is 9.78 Å². The highest BCUT2D eigenvalue weighted by molar-refractivity contribution is 7.14. The summed E-state index contributed by atoms with van der Waals surface area (Å²) in [5.74, 6) is -4.33. The number of hydrogen-bond acceptors (Lipinski definition) is 5. The summed E-state index contributed by atoms with van der Waals surface area (Å²) >= 11 is 0.870. The van der Waals surface area contributed by atoms with Crippen molar-refractivity contribution in [3.8, 4) is 10.4 Å². The van der Waals surface area contributed by atoms with Gasteiger partial charge in [0.15, 0.2) is 11.6 Å². The number of anilines is 1. The van der Waals surface area contributed by atoms with E-state index in [0.29, 0.717) is 11.4 Å². The van der Waals surface area contributed by atoms with Gasteiger partial charge in [0.25, 0.3) is 5.91 Å². The number of carboxylic acid groups (broad SMARTS) is 1. The van der Waals surface area contributed by atoms with Crippen LogP contribution in [0.5, 0.6) is 0 Å². The number of nitrogens with zero attached hydrogens (tertiary/aromatic N) is 2. The van der Waals surface area contributed by atoms with Crippen molar-refractivity contribution in [3.05, 3.63) is 76.7 Å². The van der Waals surface area contributed by atoms with Gasteiger partial charge in [0.2, 0.25) is 0 Å². The van der Waals surface area contributed by atoms with Crippen LogP contribution in [0.25, 0.3) is 22.6 Å². The molecule has 0 aliphatic heterocycles. The number of carbonyl (C=O) groups is 2. The monoisotopic (exact) mass is 427 g/mol. The summed E-state index contributed by atoms with van der Waals surface area (Å²) in [6.07, 6.45) is 4.07. The molecule has 0 bridgehead atoms. The zero-order valence-corrected chi connectivity index (χ0v) is 16.5. The molecule has 6 nitrogen and oxygen atoms in total. The number of nitrogens with one attached hydrogen (secondary N) is 1. The molecular weight excluding hydrogens is 412 g/mol. The molecule has 152 valence electrons. The number of thiophene rings is 1. The SMILES string of the molecule is C=Cc1ncc(C(=O)Nc2csc(-c3ccc(C)c(F)c3F)c2C(=O)O)nc1C=C. The van der Waals surface area contributed by atoms with Gasteiger partial charge in [-0.2, -0.15) is 0 Å². The Hall–Kier alpha value is -3.72. The highest BCUT2D eigenvalue weighted by Crippen LogP contribution is 2.38. The first kappa shape index (κ1) is 21.0. The summed E-state index contributed by atoms with van der Waals surface area (Å²) in [5.41, 5.74) is 0.162. The first-order valence-corrected chi connectivity index (χ1v) is 9.39. The molecule has 30 heavy (non-hydrogen) atoms. The van der Waals surface area contributed by atoms with E-state index in [1.165, 1.54) is 42.8 Å². The van der Waals surface area contributed by atoms with Crippen LogP contribution in [-0.2, 0) is 0 Å². The molecular formula is C21H15F2N3O3S. The van der Waals surface area contributed by atoms with E-state index in [2.05, 4.69) is 28.4 Å². The van der Waals surface area contributed by atoms with Crippen molar-refractivity contribution in [2.75, 3.05) is 5.32 Å². The zero-order valence-electron chi connectivity index (χ0n) is 15.7. The third-order valence-corrected chi connectivity index (χ3v) is 5.23. The maximum Gasteiger partial charge on any atom is 0.339 e. The lowest BCUT2D eigenvalue weighted by atomic mass is 10.1. The fraction of sp³-hybridized carbons (Fsp3) is 0.0476. The number of aromatic nitrogens is 2. The van der Waals surface area contributed by atoms with Gasteiger partial charge in [0.1, 0.15) is 11.3 Å². The molecule has 0 spiro atoms. The van der Waals surface area contributed by atoms with Crippen LogP contribution in [0.4, 0.5) is 14.5 Å². The average Bonchev–Trinajstić information content (AvgIpc) is 3.14. The molecule has 2 N–H and O–H groups in total. The average molecular weight is 427 g/mol. The van der Waals surface area contributed by atoms with Crippen molar-refractivity contribution in [2.45, 2.75) is 6.92 Å². The summed E-state index contributed by atoms with van der Waals surface area (Å²) in [5, 5.41) is 13.4. The van der Waals surface area contributed by atoms with E-state index in [0.717, 1.165) is 11.3 Å². The maximum absolute atomic E-state index is 14.4. The van der Waals surface area contributed by atoms with Gasteiger partial charge in [0.05, 0.1) is 28.1 Å². The molecule has 1 aromatic carbocycles. The first-order valence-electron chi connectivity index (χ1n) is 8.51. The highest BCUT2D eigenvalue weighted by atomic mass is 32.1. The van der Waals surface area contributed by atoms with Gasteiger partial charge in [-0.15, -0.1) is 11.3 Å². The van der Waals surface area contributed by atoms with Crippen molar-refractivity contribution >= 4 is 41.1 Å². The molecule has 3 aromatic rings. The Bertz CT molecular complexity index is 1200. The molecule has 1 amide bonds. The standard InChI is InChI=1S/C21H15F2N3O3S/c1-4-12-13(5-2)25-14(8-24-12)20(27)26-15-9-30-19(16(15)21(28)29)11-7-6-10(3)17(22)18(11)23/h4-9H,1-2H2,3H3,(H,26,27)(H,28,29). The van der Waals surface area contributed by atoms with E-state index in [4.69, 9.17) is 0 Å². The van der Waals surface area contributed by atoms with Crippen molar-refractivity contribution in [3.63, 3.8) is 0 Å². The molecule has 2 aromatic heterocycles. The summed E-state index contributed by atoms with van der Waals surface area (Å²) in [6.45, 7) is 8.59. The summed E-state index contributed by atoms with van der Waals surface area (Å²) in [4.78, 5) is 32.6. The minimum absolute atomic E-state index is 0.0194. The second-order valence-corrected chi connectivity index (χ2v) is 6.98. The van der Waals surface area contributed by atoms with Crippen LogP contribution in [-0.4, -0.2) is 27.0 Å². The quantitative estimate of drug-likeness (QED) is 0.576. The van der Waals surface area contributed by atoms with E-state index < -0.39 is 23.5 Å². The molecule has 0 saturated heterocycles. The van der Waals surface area contributed by atoms with Crippen molar-refractivity contribution < 1.29 is 23.5 Å². The van der Waals surface area contributed by atoms with Gasteiger partial charge >= 0.3 is 5.97 Å². The lowest BCUT2D eigenvalue weighted by molar-refractivity contribution is 0.0699. The van der Waals surface area contributed by atoms with Crippen LogP contribution in [0, 0.1) is 18.6 Å². The van der Waals surface area contributed by atoms with Gasteiger partial charge in [-0.05, 0) is 24.6 Å². The van der Waals surface area contributed by atoms with Crippen molar-refractivity contribution in [2.24, 2.45) is 0 Å². The van der Waals surface area contributed by atoms with E-state index in [-0.39, 0.29) is 32.9 Å². The molecule has 0 saturated carbocycles. The van der Waals surface area contributed by atoms with Crippen molar-refractivity contribution in [1.29, 1.82) is 0 Å². The normalized spacial score (nSPS) is 10.5. The molecule has 0 aliphatic rings. The Kier molecular flexibility index (Phi) is 5.84. The third kappa shape index (κ3) is 3.74. The lowest BCUT2D eigenvalue weighted by Gasteiger charge is -2.08. The Morgan fingerprint density at radius 3 is 2.50 bits per heavy atom. The Balaban J connectivity index is 2.02. The smallest absolute Gasteiger partial charge is 0.339 e. The fourth-order valence-corrected chi connectivity index (χ4v) is 3.71. The second kappa shape index (κ2) is 8.34. The van der Waals surface area contributed by atoms with Crippen LogP contribution >= 0.6 is 11.3 Å². The molecule has 0 radical (unpaired) electrons. The number of carbonyl (C=O) groups excluding carboxylic acids is 1. The molecule has 0 fully saturated rings. The van der Waals surface area contributed by atoms with E-state index in [1.807, 2.05) is 0 Å². The van der Waals surface area contributed by atoms with Crippen LogP contribution in [0.3, 0.4) is 0 Å². The Morgan fingerprint density at radius 2 is 1.87 bits per heavy atom. The zero-order chi connectivity index (χ0) is 22.0. The minimum Gasteiger partial charge on any atom is -0.478 e. The Morgan fingerprint density at radius 1 is 1.17 bits per heavy atom. The van der Waals surface area contributed by atoms with E-state index >= 15 is 0 Å². The Labute approximate surface area is 174 Å². The fourth-order valence-electron chi connectivity index (χ4n) is 2.70. The number of carboxylic acids is 1. The second-order valence-electron chi connectivity index (χ2n) is 6.10. The van der Waals surface area contributed by atoms with Gasteiger partial charge < -0.3 is 10.4 Å². The number of rotatable bonds is 6. The van der Waals surface area contributed by atoms with Crippen LogP contribution in [0.1, 0.15) is 37.8 Å². The predicted molar refractivity (Wildman–Crippen MR) is 112 cm³/mol. The van der Waals surface area contributed by atoms with E-state index in [1.54, 1.807) is 0 Å². The topological polar surface area (TPSA) is 92.2 Å². The highest BCUT2D eigenvalue weighted by Gasteiger charge is 2.25. The number of amides is 1. The first-order chi connectivity index (χ1) is 14.3. The predicted octanol–water partition coefficient (Wildman–Crippen LogP) is 5.03. The number of hydrogen-bond donors (Lipinski definition) is 2. The molecule has 3 rings (SSSR count). The van der Waals surface area contributed by atoms with Crippen LogP contribution in [0.15, 0.2) is 36.9 Å². The molecule has 0 aliphatic carbocycles. The lowest BCUT2D eigenvalue weighted by Crippen LogP contribution is -2.16. The van der Waals surface area contributed by atoms with Gasteiger partial charge in [-0.25, -0.2) is 18.6 Å². The molecule has 0 atom stereocenters. The number of benzene rings is 1. The van der Waals surface area contributed by atoms with E-state index in [9.17, 15) is 23.5 Å². The molecule has 0 unspecified atom stereocenters. The van der Waals surface area contributed by atoms with Crippen LogP contribution < -0.4 is 5.32 Å². The van der Waals surface area contributed by atoms with Gasteiger partial charge in [0, 0.05) is 10.9 Å². The summed E-state index contributed by atoms with van der Waals surface area (Å²) < 4.78 is 28.4. The number of aryl methyl sites for hydroxylation is 1. The molecule has 2 heterocycles. The minimum atomic E-state index is -1.40. The summed E-state index contributed by atoms with van der Waals surface area (Å²) in [7, 11) is 0. The third-order valence-electron chi connectivity index (χ3n) is 4.22. The largest absolute Gasteiger partial charge is 0.478 e. The number of halogens is 2. The number of aromatic carboxylic acids is 1. The maximum atomic E-state index is 14.4. The van der Waals surface area contributed by atoms with Crippen molar-refractivity contribution in [1.82, 2.24) is 9.97 Å². The molecule has 9 heteroatoms.